The summed E-state index contributed by atoms with van der Waals surface area (Å²) < 4.78 is 0. The lowest BCUT2D eigenvalue weighted by Crippen LogP contribution is -2.31. The molecule has 1 unspecified atom stereocenters. The van der Waals surface area contributed by atoms with Crippen LogP contribution in [0.15, 0.2) is 30.9 Å². The molecule has 1 atom stereocenters. The van der Waals surface area contributed by atoms with Gasteiger partial charge in [0.2, 0.25) is 0 Å². The number of nitrogens with one attached hydrogen (secondary N) is 1. The van der Waals surface area contributed by atoms with E-state index in [4.69, 9.17) is 23.2 Å². The van der Waals surface area contributed by atoms with Crippen molar-refractivity contribution in [1.29, 1.82) is 0 Å². The van der Waals surface area contributed by atoms with Crippen LogP contribution < -0.4 is 5.32 Å². The molecule has 0 aliphatic rings. The molecule has 0 amide bonds. The van der Waals surface area contributed by atoms with Crippen molar-refractivity contribution in [1.82, 2.24) is 5.32 Å². The van der Waals surface area contributed by atoms with Gasteiger partial charge in [0, 0.05) is 16.1 Å². The van der Waals surface area contributed by atoms with Crippen LogP contribution in [0, 0.1) is 0 Å². The minimum absolute atomic E-state index is 0.378. The standard InChI is InChI=1S/C14H19Cl2N/c1-3-5-13(17-8-4-2)10-11-9-12(15)6-7-14(11)16/h3,6-7,9,13,17H,1,4-5,8,10H2,2H3. The van der Waals surface area contributed by atoms with E-state index in [2.05, 4.69) is 18.8 Å². The quantitative estimate of drug-likeness (QED) is 0.721. The van der Waals surface area contributed by atoms with Gasteiger partial charge in [-0.25, -0.2) is 0 Å². The lowest BCUT2D eigenvalue weighted by Gasteiger charge is -2.17. The second-order valence-corrected chi connectivity index (χ2v) is 4.96. The van der Waals surface area contributed by atoms with Gasteiger partial charge in [0.05, 0.1) is 0 Å². The van der Waals surface area contributed by atoms with E-state index < -0.39 is 0 Å². The Morgan fingerprint density at radius 1 is 1.41 bits per heavy atom. The summed E-state index contributed by atoms with van der Waals surface area (Å²) in [5.41, 5.74) is 1.09. The third kappa shape index (κ3) is 5.12. The fourth-order valence-electron chi connectivity index (χ4n) is 1.75. The summed E-state index contributed by atoms with van der Waals surface area (Å²) in [6.07, 6.45) is 4.87. The van der Waals surface area contributed by atoms with Crippen molar-refractivity contribution in [2.45, 2.75) is 32.2 Å². The monoisotopic (exact) mass is 271 g/mol. The largest absolute Gasteiger partial charge is 0.313 e. The second-order valence-electron chi connectivity index (χ2n) is 4.12. The predicted octanol–water partition coefficient (Wildman–Crippen LogP) is 4.48. The SMILES string of the molecule is C=CCC(Cc1cc(Cl)ccc1Cl)NCCC. The van der Waals surface area contributed by atoms with Crippen LogP contribution in [0.2, 0.25) is 10.0 Å². The summed E-state index contributed by atoms with van der Waals surface area (Å²) >= 11 is 12.1. The topological polar surface area (TPSA) is 12.0 Å². The molecule has 3 heteroatoms. The first-order valence-corrected chi connectivity index (χ1v) is 6.71. The van der Waals surface area contributed by atoms with Crippen LogP contribution in [0.1, 0.15) is 25.3 Å². The van der Waals surface area contributed by atoms with Crippen molar-refractivity contribution < 1.29 is 0 Å². The Kier molecular flexibility index (Phi) is 6.64. The van der Waals surface area contributed by atoms with E-state index >= 15 is 0 Å². The number of halogens is 2. The average molecular weight is 272 g/mol. The molecule has 0 spiro atoms. The summed E-state index contributed by atoms with van der Waals surface area (Å²) in [4.78, 5) is 0. The fraction of sp³-hybridized carbons (Fsp3) is 0.429. The molecule has 0 aromatic heterocycles. The highest BCUT2D eigenvalue weighted by Crippen LogP contribution is 2.22. The van der Waals surface area contributed by atoms with Crippen molar-refractivity contribution in [2.75, 3.05) is 6.54 Å². The molecular weight excluding hydrogens is 253 g/mol. The Morgan fingerprint density at radius 2 is 2.18 bits per heavy atom. The molecule has 1 aromatic carbocycles. The van der Waals surface area contributed by atoms with E-state index in [-0.39, 0.29) is 0 Å². The third-order valence-corrected chi connectivity index (χ3v) is 3.21. The maximum Gasteiger partial charge on any atom is 0.0439 e. The minimum atomic E-state index is 0.378. The van der Waals surface area contributed by atoms with Gasteiger partial charge >= 0.3 is 0 Å². The Balaban J connectivity index is 2.70. The second kappa shape index (κ2) is 7.75. The minimum Gasteiger partial charge on any atom is -0.313 e. The van der Waals surface area contributed by atoms with Crippen molar-refractivity contribution in [3.8, 4) is 0 Å². The first kappa shape index (κ1) is 14.6. The molecule has 1 aromatic rings. The summed E-state index contributed by atoms with van der Waals surface area (Å²) in [6.45, 7) is 6.96. The molecule has 1 nitrogen and oxygen atoms in total. The van der Waals surface area contributed by atoms with Gasteiger partial charge in [-0.3, -0.25) is 0 Å². The molecule has 0 heterocycles. The molecule has 0 fully saturated rings. The normalized spacial score (nSPS) is 12.4. The van der Waals surface area contributed by atoms with Gasteiger partial charge in [-0.2, -0.15) is 0 Å². The Hall–Kier alpha value is -0.500. The van der Waals surface area contributed by atoms with Crippen LogP contribution in [-0.4, -0.2) is 12.6 Å². The average Bonchev–Trinajstić information content (AvgIpc) is 2.31. The highest BCUT2D eigenvalue weighted by molar-refractivity contribution is 6.33. The van der Waals surface area contributed by atoms with Gasteiger partial charge in [0.1, 0.15) is 0 Å². The summed E-state index contributed by atoms with van der Waals surface area (Å²) in [5.74, 6) is 0. The molecule has 0 saturated carbocycles. The van der Waals surface area contributed by atoms with Gasteiger partial charge in [0.25, 0.3) is 0 Å². The number of benzene rings is 1. The molecule has 1 N–H and O–H groups in total. The van der Waals surface area contributed by atoms with Gasteiger partial charge < -0.3 is 5.32 Å². The van der Waals surface area contributed by atoms with Crippen molar-refractivity contribution in [3.63, 3.8) is 0 Å². The molecule has 0 radical (unpaired) electrons. The van der Waals surface area contributed by atoms with Crippen LogP contribution in [0.3, 0.4) is 0 Å². The highest BCUT2D eigenvalue weighted by Gasteiger charge is 2.10. The fourth-order valence-corrected chi connectivity index (χ4v) is 2.14. The number of rotatable bonds is 7. The Bertz CT molecular complexity index is 363. The van der Waals surface area contributed by atoms with Crippen LogP contribution in [0.4, 0.5) is 0 Å². The van der Waals surface area contributed by atoms with Crippen LogP contribution in [-0.2, 0) is 6.42 Å². The van der Waals surface area contributed by atoms with E-state index in [0.29, 0.717) is 6.04 Å². The Morgan fingerprint density at radius 3 is 2.82 bits per heavy atom. The molecular formula is C14H19Cl2N. The Labute approximate surface area is 114 Å². The lowest BCUT2D eigenvalue weighted by atomic mass is 10.0. The first-order chi connectivity index (χ1) is 8.17. The smallest absolute Gasteiger partial charge is 0.0439 e. The molecule has 94 valence electrons. The van der Waals surface area contributed by atoms with Gasteiger partial charge in [0.15, 0.2) is 0 Å². The summed E-state index contributed by atoms with van der Waals surface area (Å²) in [6, 6.07) is 5.98. The number of hydrogen-bond donors (Lipinski definition) is 1. The van der Waals surface area contributed by atoms with Crippen molar-refractivity contribution >= 4 is 23.2 Å². The zero-order chi connectivity index (χ0) is 12.7. The maximum atomic E-state index is 6.16. The first-order valence-electron chi connectivity index (χ1n) is 5.95. The molecule has 0 aliphatic heterocycles. The van der Waals surface area contributed by atoms with Crippen LogP contribution in [0.5, 0.6) is 0 Å². The third-order valence-electron chi connectivity index (χ3n) is 2.61. The predicted molar refractivity (Wildman–Crippen MR) is 77.1 cm³/mol. The maximum absolute atomic E-state index is 6.16. The van der Waals surface area contributed by atoms with Gasteiger partial charge in [-0.05, 0) is 49.6 Å². The molecule has 17 heavy (non-hydrogen) atoms. The zero-order valence-corrected chi connectivity index (χ0v) is 11.7. The summed E-state index contributed by atoms with van der Waals surface area (Å²) in [5, 5.41) is 5.01. The van der Waals surface area contributed by atoms with E-state index in [9.17, 15) is 0 Å². The molecule has 0 aliphatic carbocycles. The van der Waals surface area contributed by atoms with Crippen molar-refractivity contribution in [3.05, 3.63) is 46.5 Å². The summed E-state index contributed by atoms with van der Waals surface area (Å²) in [7, 11) is 0. The lowest BCUT2D eigenvalue weighted by molar-refractivity contribution is 0.512. The van der Waals surface area contributed by atoms with E-state index in [1.165, 1.54) is 0 Å². The van der Waals surface area contributed by atoms with Crippen LogP contribution in [0.25, 0.3) is 0 Å². The van der Waals surface area contributed by atoms with Gasteiger partial charge in [-0.15, -0.1) is 6.58 Å². The molecule has 1 rings (SSSR count). The van der Waals surface area contributed by atoms with E-state index in [1.807, 2.05) is 24.3 Å². The zero-order valence-electron chi connectivity index (χ0n) is 10.2. The molecule has 0 bridgehead atoms. The van der Waals surface area contributed by atoms with Gasteiger partial charge in [-0.1, -0.05) is 36.2 Å². The highest BCUT2D eigenvalue weighted by atomic mass is 35.5. The van der Waals surface area contributed by atoms with Crippen LogP contribution >= 0.6 is 23.2 Å². The van der Waals surface area contributed by atoms with Crippen molar-refractivity contribution in [2.24, 2.45) is 0 Å². The van der Waals surface area contributed by atoms with E-state index in [1.54, 1.807) is 0 Å². The number of hydrogen-bond acceptors (Lipinski definition) is 1. The van der Waals surface area contributed by atoms with E-state index in [0.717, 1.165) is 41.4 Å². The molecule has 0 saturated heterocycles.